The van der Waals surface area contributed by atoms with E-state index in [0.717, 1.165) is 5.56 Å². The topological polar surface area (TPSA) is 111 Å². The van der Waals surface area contributed by atoms with Gasteiger partial charge in [0.25, 0.3) is 0 Å². The molecule has 0 saturated carbocycles. The smallest absolute Gasteiger partial charge is 0.408 e. The fourth-order valence-corrected chi connectivity index (χ4v) is 2.68. The zero-order valence-corrected chi connectivity index (χ0v) is 18.0. The SMILES string of the molecule is COC(=O)c1cccc(COc2ccc(CC(NC(=O)OC(C)(C)C)C(=O)O)cc2)c1. The molecule has 0 aliphatic carbocycles. The van der Waals surface area contributed by atoms with Crippen molar-refractivity contribution in [1.82, 2.24) is 5.32 Å². The summed E-state index contributed by atoms with van der Waals surface area (Å²) in [6.45, 7) is 5.36. The zero-order valence-electron chi connectivity index (χ0n) is 18.0. The van der Waals surface area contributed by atoms with Crippen LogP contribution in [-0.4, -0.2) is 41.9 Å². The summed E-state index contributed by atoms with van der Waals surface area (Å²) in [6.07, 6.45) is -0.690. The van der Waals surface area contributed by atoms with Gasteiger partial charge in [-0.3, -0.25) is 0 Å². The van der Waals surface area contributed by atoms with E-state index in [1.165, 1.54) is 7.11 Å². The van der Waals surface area contributed by atoms with Crippen molar-refractivity contribution in [3.8, 4) is 5.75 Å². The standard InChI is InChI=1S/C23H27NO7/c1-23(2,3)31-22(28)24-19(20(25)26)13-15-8-10-18(11-9-15)30-14-16-6-5-7-17(12-16)21(27)29-4/h5-12,19H,13-14H2,1-4H3,(H,24,28)(H,25,26). The summed E-state index contributed by atoms with van der Waals surface area (Å²) in [5.74, 6) is -0.991. The average Bonchev–Trinajstić information content (AvgIpc) is 2.71. The molecule has 2 N–H and O–H groups in total. The third-order valence-electron chi connectivity index (χ3n) is 4.11. The van der Waals surface area contributed by atoms with Crippen molar-refractivity contribution >= 4 is 18.0 Å². The summed E-state index contributed by atoms with van der Waals surface area (Å²) in [7, 11) is 1.32. The Morgan fingerprint density at radius 2 is 1.71 bits per heavy atom. The molecule has 0 aliphatic rings. The predicted octanol–water partition coefficient (Wildman–Crippen LogP) is 3.57. The van der Waals surface area contributed by atoms with Crippen molar-refractivity contribution in [2.45, 2.75) is 45.4 Å². The highest BCUT2D eigenvalue weighted by molar-refractivity contribution is 5.89. The van der Waals surface area contributed by atoms with Crippen molar-refractivity contribution in [1.29, 1.82) is 0 Å². The van der Waals surface area contributed by atoms with E-state index in [1.54, 1.807) is 63.2 Å². The highest BCUT2D eigenvalue weighted by atomic mass is 16.6. The molecular weight excluding hydrogens is 402 g/mol. The maximum Gasteiger partial charge on any atom is 0.408 e. The maximum absolute atomic E-state index is 11.9. The summed E-state index contributed by atoms with van der Waals surface area (Å²) < 4.78 is 15.6. The first-order chi connectivity index (χ1) is 14.6. The van der Waals surface area contributed by atoms with E-state index in [1.807, 2.05) is 6.07 Å². The molecule has 8 heteroatoms. The van der Waals surface area contributed by atoms with E-state index in [4.69, 9.17) is 14.2 Å². The number of amides is 1. The van der Waals surface area contributed by atoms with Crippen LogP contribution < -0.4 is 10.1 Å². The molecule has 2 aromatic carbocycles. The molecule has 0 aliphatic heterocycles. The van der Waals surface area contributed by atoms with E-state index in [2.05, 4.69) is 5.32 Å². The number of benzene rings is 2. The Labute approximate surface area is 181 Å². The van der Waals surface area contributed by atoms with Crippen LogP contribution in [0.2, 0.25) is 0 Å². The van der Waals surface area contributed by atoms with Crippen molar-refractivity contribution in [3.63, 3.8) is 0 Å². The number of ether oxygens (including phenoxy) is 3. The third-order valence-corrected chi connectivity index (χ3v) is 4.11. The number of methoxy groups -OCH3 is 1. The molecule has 0 spiro atoms. The number of nitrogens with one attached hydrogen (secondary N) is 1. The summed E-state index contributed by atoms with van der Waals surface area (Å²) in [5, 5.41) is 11.8. The second-order valence-corrected chi connectivity index (χ2v) is 7.87. The van der Waals surface area contributed by atoms with Crippen molar-refractivity contribution in [2.24, 2.45) is 0 Å². The predicted molar refractivity (Wildman–Crippen MR) is 113 cm³/mol. The number of alkyl carbamates (subject to hydrolysis) is 1. The van der Waals surface area contributed by atoms with Gasteiger partial charge in [0.05, 0.1) is 12.7 Å². The van der Waals surface area contributed by atoms with Gasteiger partial charge in [0.2, 0.25) is 0 Å². The van der Waals surface area contributed by atoms with Crippen LogP contribution in [0, 0.1) is 0 Å². The highest BCUT2D eigenvalue weighted by Crippen LogP contribution is 2.17. The Bertz CT molecular complexity index is 916. The van der Waals surface area contributed by atoms with Gasteiger partial charge in [-0.1, -0.05) is 24.3 Å². The number of carboxylic acids is 1. The molecule has 0 heterocycles. The Morgan fingerprint density at radius 1 is 1.03 bits per heavy atom. The average molecular weight is 429 g/mol. The second-order valence-electron chi connectivity index (χ2n) is 7.87. The molecule has 0 bridgehead atoms. The normalized spacial score (nSPS) is 11.9. The van der Waals surface area contributed by atoms with Crippen LogP contribution in [0.5, 0.6) is 5.75 Å². The second kappa shape index (κ2) is 10.5. The maximum atomic E-state index is 11.9. The lowest BCUT2D eigenvalue weighted by Crippen LogP contribution is -2.44. The molecule has 2 rings (SSSR count). The van der Waals surface area contributed by atoms with Crippen LogP contribution in [-0.2, 0) is 27.3 Å². The molecule has 0 radical (unpaired) electrons. The monoisotopic (exact) mass is 429 g/mol. The molecule has 1 atom stereocenters. The number of rotatable bonds is 8. The Kier molecular flexibility index (Phi) is 8.01. The molecule has 2 aromatic rings. The minimum Gasteiger partial charge on any atom is -0.489 e. The summed E-state index contributed by atoms with van der Waals surface area (Å²) in [4.78, 5) is 35.0. The fourth-order valence-electron chi connectivity index (χ4n) is 2.68. The van der Waals surface area contributed by atoms with Gasteiger partial charge < -0.3 is 24.6 Å². The lowest BCUT2D eigenvalue weighted by Gasteiger charge is -2.22. The van der Waals surface area contributed by atoms with Crippen LogP contribution in [0.25, 0.3) is 0 Å². The first-order valence-corrected chi connectivity index (χ1v) is 9.68. The van der Waals surface area contributed by atoms with Crippen LogP contribution in [0.4, 0.5) is 4.79 Å². The molecule has 0 aromatic heterocycles. The number of hydrogen-bond acceptors (Lipinski definition) is 6. The molecule has 1 unspecified atom stereocenters. The lowest BCUT2D eigenvalue weighted by molar-refractivity contribution is -0.139. The Hall–Kier alpha value is -3.55. The largest absolute Gasteiger partial charge is 0.489 e. The molecule has 166 valence electrons. The fraction of sp³-hybridized carbons (Fsp3) is 0.348. The van der Waals surface area contributed by atoms with Gasteiger partial charge in [-0.05, 0) is 56.2 Å². The number of carbonyl (C=O) groups is 3. The van der Waals surface area contributed by atoms with Gasteiger partial charge in [0, 0.05) is 6.42 Å². The van der Waals surface area contributed by atoms with Crippen molar-refractivity contribution < 1.29 is 33.7 Å². The molecule has 0 fully saturated rings. The van der Waals surface area contributed by atoms with Crippen LogP contribution >= 0.6 is 0 Å². The molecular formula is C23H27NO7. The van der Waals surface area contributed by atoms with Crippen LogP contribution in [0.3, 0.4) is 0 Å². The quantitative estimate of drug-likeness (QED) is 0.617. The Balaban J connectivity index is 1.95. The van der Waals surface area contributed by atoms with Gasteiger partial charge in [-0.15, -0.1) is 0 Å². The summed E-state index contributed by atoms with van der Waals surface area (Å²) in [6, 6.07) is 12.7. The number of esters is 1. The van der Waals surface area contributed by atoms with E-state index in [0.29, 0.717) is 16.9 Å². The Morgan fingerprint density at radius 3 is 2.29 bits per heavy atom. The van der Waals surface area contributed by atoms with Crippen molar-refractivity contribution in [3.05, 3.63) is 65.2 Å². The third kappa shape index (κ3) is 8.00. The van der Waals surface area contributed by atoms with Crippen LogP contribution in [0.1, 0.15) is 42.3 Å². The van der Waals surface area contributed by atoms with Gasteiger partial charge >= 0.3 is 18.0 Å². The summed E-state index contributed by atoms with van der Waals surface area (Å²) >= 11 is 0. The summed E-state index contributed by atoms with van der Waals surface area (Å²) in [5.41, 5.74) is 1.24. The highest BCUT2D eigenvalue weighted by Gasteiger charge is 2.24. The molecule has 8 nitrogen and oxygen atoms in total. The first kappa shape index (κ1) is 23.7. The lowest BCUT2D eigenvalue weighted by atomic mass is 10.1. The first-order valence-electron chi connectivity index (χ1n) is 9.68. The molecule has 31 heavy (non-hydrogen) atoms. The van der Waals surface area contributed by atoms with E-state index >= 15 is 0 Å². The zero-order chi connectivity index (χ0) is 23.0. The minimum absolute atomic E-state index is 0.0933. The van der Waals surface area contributed by atoms with Crippen LogP contribution in [0.15, 0.2) is 48.5 Å². The van der Waals surface area contributed by atoms with E-state index in [9.17, 15) is 19.5 Å². The minimum atomic E-state index is -1.16. The molecule has 0 saturated heterocycles. The van der Waals surface area contributed by atoms with Gasteiger partial charge in [-0.25, -0.2) is 14.4 Å². The van der Waals surface area contributed by atoms with Gasteiger partial charge in [0.1, 0.15) is 24.0 Å². The molecule has 1 amide bonds. The van der Waals surface area contributed by atoms with E-state index in [-0.39, 0.29) is 13.0 Å². The van der Waals surface area contributed by atoms with E-state index < -0.39 is 29.7 Å². The number of carboxylic acid groups (broad SMARTS) is 1. The van der Waals surface area contributed by atoms with Gasteiger partial charge in [0.15, 0.2) is 0 Å². The number of carbonyl (C=O) groups excluding carboxylic acids is 2. The van der Waals surface area contributed by atoms with Crippen molar-refractivity contribution in [2.75, 3.05) is 7.11 Å². The number of hydrogen-bond donors (Lipinski definition) is 2. The number of aliphatic carboxylic acids is 1. The van der Waals surface area contributed by atoms with Gasteiger partial charge in [-0.2, -0.15) is 0 Å².